The highest BCUT2D eigenvalue weighted by molar-refractivity contribution is 7.17. The van der Waals surface area contributed by atoms with Gasteiger partial charge in [0, 0.05) is 5.66 Å². The Morgan fingerprint density at radius 1 is 1.06 bits per heavy atom. The van der Waals surface area contributed by atoms with Gasteiger partial charge in [-0.15, -0.1) is 9.24 Å². The maximum absolute atomic E-state index is 3.06. The molecule has 99 valence electrons. The number of unbranched alkanes of at least 4 members (excludes halogenated alkanes) is 1. The van der Waals surface area contributed by atoms with Gasteiger partial charge in [-0.25, -0.2) is 0 Å². The highest BCUT2D eigenvalue weighted by Gasteiger charge is 2.21. The second-order valence-electron chi connectivity index (χ2n) is 5.54. The van der Waals surface area contributed by atoms with Crippen LogP contribution in [-0.2, 0) is 6.42 Å². The molecule has 1 heteroatoms. The largest absolute Gasteiger partial charge is 0.129 e. The third-order valence-electron chi connectivity index (χ3n) is 4.09. The van der Waals surface area contributed by atoms with Crippen LogP contribution in [0, 0.1) is 5.92 Å². The van der Waals surface area contributed by atoms with Crippen molar-refractivity contribution in [2.45, 2.75) is 63.9 Å². The molecule has 0 heterocycles. The van der Waals surface area contributed by atoms with Crippen LogP contribution in [0.3, 0.4) is 0 Å². The van der Waals surface area contributed by atoms with Gasteiger partial charge in [0.05, 0.1) is 0 Å². The number of rotatable bonds is 5. The molecule has 1 aromatic carbocycles. The second kappa shape index (κ2) is 7.29. The minimum Gasteiger partial charge on any atom is -0.129 e. The minimum atomic E-state index is 0.588. The fraction of sp³-hybridized carbons (Fsp3) is 0.588. The predicted octanol–water partition coefficient (Wildman–Crippen LogP) is 5.48. The molecule has 2 unspecified atom stereocenters. The summed E-state index contributed by atoms with van der Waals surface area (Å²) in [6.45, 7) is 2.26. The standard InChI is InChI=1S/C17H26P/c1-2-3-7-14-10-12-16(13-11-14)17(18)15-8-5-4-6-9-15/h10-13,17H,2-9,18H2,1H3. The molecule has 1 aliphatic rings. The summed E-state index contributed by atoms with van der Waals surface area (Å²) in [6, 6.07) is 9.32. The van der Waals surface area contributed by atoms with Crippen molar-refractivity contribution in [1.29, 1.82) is 0 Å². The highest BCUT2D eigenvalue weighted by atomic mass is 31.0. The third-order valence-corrected chi connectivity index (χ3v) is 4.95. The summed E-state index contributed by atoms with van der Waals surface area (Å²) in [6.07, 6.45) is 10.7. The zero-order valence-electron chi connectivity index (χ0n) is 11.6. The fourth-order valence-corrected chi connectivity index (χ4v) is 3.38. The van der Waals surface area contributed by atoms with Crippen LogP contribution < -0.4 is 0 Å². The van der Waals surface area contributed by atoms with Crippen LogP contribution >= 0.6 is 9.24 Å². The zero-order chi connectivity index (χ0) is 12.8. The summed E-state index contributed by atoms with van der Waals surface area (Å²) in [7, 11) is 3.06. The van der Waals surface area contributed by atoms with Crippen LogP contribution in [0.4, 0.5) is 0 Å². The first kappa shape index (κ1) is 14.1. The van der Waals surface area contributed by atoms with E-state index in [2.05, 4.69) is 40.4 Å². The van der Waals surface area contributed by atoms with Crippen molar-refractivity contribution in [3.63, 3.8) is 0 Å². The first-order valence-corrected chi connectivity index (χ1v) is 8.17. The Bertz CT molecular complexity index is 335. The Morgan fingerprint density at radius 3 is 2.33 bits per heavy atom. The summed E-state index contributed by atoms with van der Waals surface area (Å²) in [5.74, 6) is 1.74. The average molecular weight is 261 g/mol. The Kier molecular flexibility index (Phi) is 5.70. The lowest BCUT2D eigenvalue weighted by molar-refractivity contribution is 0.516. The predicted molar refractivity (Wildman–Crippen MR) is 83.8 cm³/mol. The number of aryl methyl sites for hydroxylation is 1. The Labute approximate surface area is 115 Å². The number of hydrogen-bond acceptors (Lipinski definition) is 0. The average Bonchev–Trinajstić information content (AvgIpc) is 2.46. The summed E-state index contributed by atoms with van der Waals surface area (Å²) in [5.41, 5.74) is 3.56. The van der Waals surface area contributed by atoms with E-state index in [-0.39, 0.29) is 0 Å². The molecule has 0 aliphatic heterocycles. The molecule has 1 saturated carbocycles. The fourth-order valence-electron chi connectivity index (χ4n) is 2.83. The molecule has 2 atom stereocenters. The van der Waals surface area contributed by atoms with Crippen LogP contribution in [0.25, 0.3) is 0 Å². The monoisotopic (exact) mass is 261 g/mol. The molecule has 18 heavy (non-hydrogen) atoms. The Balaban J connectivity index is 1.95. The van der Waals surface area contributed by atoms with Crippen molar-refractivity contribution in [3.8, 4) is 0 Å². The van der Waals surface area contributed by atoms with Crippen molar-refractivity contribution < 1.29 is 0 Å². The van der Waals surface area contributed by atoms with Gasteiger partial charge in [-0.05, 0) is 42.7 Å². The molecule has 2 rings (SSSR count). The van der Waals surface area contributed by atoms with E-state index in [1.54, 1.807) is 5.92 Å². The van der Waals surface area contributed by atoms with Gasteiger partial charge in [-0.1, -0.05) is 56.9 Å². The second-order valence-corrected chi connectivity index (χ2v) is 6.21. The lowest BCUT2D eigenvalue weighted by atomic mass is 9.84. The maximum Gasteiger partial charge on any atom is 0.00473 e. The summed E-state index contributed by atoms with van der Waals surface area (Å²) in [4.78, 5) is 0. The molecule has 1 aliphatic carbocycles. The van der Waals surface area contributed by atoms with E-state index in [0.717, 1.165) is 0 Å². The van der Waals surface area contributed by atoms with Crippen molar-refractivity contribution in [2.75, 3.05) is 0 Å². The Hall–Kier alpha value is -0.350. The van der Waals surface area contributed by atoms with Crippen LogP contribution in [0.1, 0.15) is 68.7 Å². The van der Waals surface area contributed by atoms with Gasteiger partial charge in [0.1, 0.15) is 0 Å². The molecule has 0 N–H and O–H groups in total. The van der Waals surface area contributed by atoms with Crippen LogP contribution in [-0.4, -0.2) is 0 Å². The zero-order valence-corrected chi connectivity index (χ0v) is 12.8. The molecule has 0 saturated heterocycles. The van der Waals surface area contributed by atoms with Gasteiger partial charge in [0.15, 0.2) is 0 Å². The molecule has 0 spiro atoms. The van der Waals surface area contributed by atoms with Crippen LogP contribution in [0.5, 0.6) is 0 Å². The van der Waals surface area contributed by atoms with E-state index in [9.17, 15) is 0 Å². The van der Waals surface area contributed by atoms with Gasteiger partial charge in [-0.3, -0.25) is 0 Å². The van der Waals surface area contributed by atoms with Gasteiger partial charge in [-0.2, -0.15) is 0 Å². The lowest BCUT2D eigenvalue weighted by Gasteiger charge is -2.27. The van der Waals surface area contributed by atoms with Crippen molar-refractivity contribution >= 4 is 9.24 Å². The molecular formula is C17H26P. The van der Waals surface area contributed by atoms with Gasteiger partial charge < -0.3 is 0 Å². The molecule has 1 aromatic rings. The van der Waals surface area contributed by atoms with Crippen molar-refractivity contribution in [3.05, 3.63) is 41.3 Å². The van der Waals surface area contributed by atoms with Crippen molar-refractivity contribution in [1.82, 2.24) is 0 Å². The molecule has 0 nitrogen and oxygen atoms in total. The molecule has 0 aromatic heterocycles. The smallest absolute Gasteiger partial charge is 0.00473 e. The quantitative estimate of drug-likeness (QED) is 0.615. The van der Waals surface area contributed by atoms with E-state index in [1.807, 2.05) is 0 Å². The molecule has 0 bridgehead atoms. The molecular weight excluding hydrogens is 235 g/mol. The third kappa shape index (κ3) is 3.82. The van der Waals surface area contributed by atoms with Crippen molar-refractivity contribution in [2.24, 2.45) is 0 Å². The van der Waals surface area contributed by atoms with E-state index >= 15 is 0 Å². The minimum absolute atomic E-state index is 0.588. The van der Waals surface area contributed by atoms with Crippen LogP contribution in [0.2, 0.25) is 0 Å². The topological polar surface area (TPSA) is 0 Å². The summed E-state index contributed by atoms with van der Waals surface area (Å²) < 4.78 is 0. The molecule has 1 fully saturated rings. The first-order chi connectivity index (χ1) is 8.81. The molecule has 1 radical (unpaired) electrons. The number of benzene rings is 1. The van der Waals surface area contributed by atoms with Crippen LogP contribution in [0.15, 0.2) is 24.3 Å². The Morgan fingerprint density at radius 2 is 1.72 bits per heavy atom. The van der Waals surface area contributed by atoms with E-state index in [1.165, 1.54) is 62.5 Å². The summed E-state index contributed by atoms with van der Waals surface area (Å²) in [5, 5.41) is 0. The highest BCUT2D eigenvalue weighted by Crippen LogP contribution is 2.41. The lowest BCUT2D eigenvalue weighted by Crippen LogP contribution is -2.09. The van der Waals surface area contributed by atoms with E-state index in [0.29, 0.717) is 5.66 Å². The van der Waals surface area contributed by atoms with Gasteiger partial charge >= 0.3 is 0 Å². The summed E-state index contributed by atoms with van der Waals surface area (Å²) >= 11 is 0. The SMILES string of the molecule is CCCCc1ccc(C(P)[C]2CCCCC2)cc1. The molecule has 0 amide bonds. The van der Waals surface area contributed by atoms with Gasteiger partial charge in [0.2, 0.25) is 0 Å². The first-order valence-electron chi connectivity index (χ1n) is 7.50. The number of hydrogen-bond donors (Lipinski definition) is 0. The maximum atomic E-state index is 3.06. The normalized spacial score (nSPS) is 18.8. The van der Waals surface area contributed by atoms with Gasteiger partial charge in [0.25, 0.3) is 0 Å². The van der Waals surface area contributed by atoms with E-state index < -0.39 is 0 Å². The van der Waals surface area contributed by atoms with E-state index in [4.69, 9.17) is 0 Å².